The molecule has 2 N–H and O–H groups in total. The predicted molar refractivity (Wildman–Crippen MR) is 82.5 cm³/mol. The molecule has 0 aliphatic heterocycles. The molecule has 0 saturated heterocycles. The molecule has 0 fully saturated rings. The zero-order valence-electron chi connectivity index (χ0n) is 11.0. The van der Waals surface area contributed by atoms with Crippen LogP contribution in [-0.4, -0.2) is 12.6 Å². The summed E-state index contributed by atoms with van der Waals surface area (Å²) in [4.78, 5) is 13.0. The lowest BCUT2D eigenvalue weighted by Crippen LogP contribution is -2.05. The van der Waals surface area contributed by atoms with Gasteiger partial charge in [-0.25, -0.2) is 9.18 Å². The topological polar surface area (TPSA) is 52.3 Å². The van der Waals surface area contributed by atoms with Gasteiger partial charge >= 0.3 is 5.97 Å². The van der Waals surface area contributed by atoms with E-state index in [0.717, 1.165) is 14.9 Å². The molecule has 0 saturated carbocycles. The van der Waals surface area contributed by atoms with E-state index >= 15 is 0 Å². The van der Waals surface area contributed by atoms with Crippen LogP contribution in [0.2, 0.25) is 0 Å². The molecular formula is C14H13BrFNO2S. The highest BCUT2D eigenvalue weighted by Gasteiger charge is 2.21. The summed E-state index contributed by atoms with van der Waals surface area (Å²) in [5.74, 6) is -0.788. The van der Waals surface area contributed by atoms with Crippen molar-refractivity contribution in [2.75, 3.05) is 12.3 Å². The molecule has 3 nitrogen and oxygen atoms in total. The number of hydrogen-bond donors (Lipinski definition) is 1. The van der Waals surface area contributed by atoms with E-state index in [-0.39, 0.29) is 12.4 Å². The quantitative estimate of drug-likeness (QED) is 0.829. The molecular weight excluding hydrogens is 345 g/mol. The first-order valence-electron chi connectivity index (χ1n) is 5.97. The summed E-state index contributed by atoms with van der Waals surface area (Å²) < 4.78 is 19.1. The Morgan fingerprint density at radius 2 is 2.20 bits per heavy atom. The highest BCUT2D eigenvalue weighted by Crippen LogP contribution is 2.41. The van der Waals surface area contributed by atoms with Crippen molar-refractivity contribution < 1.29 is 13.9 Å². The lowest BCUT2D eigenvalue weighted by molar-refractivity contribution is 0.0533. The van der Waals surface area contributed by atoms with E-state index in [1.54, 1.807) is 19.9 Å². The first-order chi connectivity index (χ1) is 9.45. The number of hydrogen-bond acceptors (Lipinski definition) is 4. The molecule has 106 valence electrons. The molecule has 2 aromatic rings. The van der Waals surface area contributed by atoms with Gasteiger partial charge in [0.2, 0.25) is 0 Å². The number of nitrogens with two attached hydrogens (primary N) is 1. The largest absolute Gasteiger partial charge is 0.462 e. The summed E-state index contributed by atoms with van der Waals surface area (Å²) in [5, 5.41) is 0. The number of carbonyl (C=O) groups is 1. The molecule has 0 radical (unpaired) electrons. The molecule has 20 heavy (non-hydrogen) atoms. The van der Waals surface area contributed by atoms with E-state index in [2.05, 4.69) is 15.9 Å². The standard InChI is InChI=1S/C14H13BrFNO2S/c1-3-19-14(18)13-11(17)7(2)12(20-13)9-6-8(16)4-5-10(9)15/h4-6H,3,17H2,1-2H3. The van der Waals surface area contributed by atoms with Gasteiger partial charge in [0.1, 0.15) is 10.7 Å². The maximum absolute atomic E-state index is 13.4. The van der Waals surface area contributed by atoms with Crippen LogP contribution in [0.1, 0.15) is 22.2 Å². The van der Waals surface area contributed by atoms with E-state index in [1.165, 1.54) is 23.5 Å². The molecule has 0 atom stereocenters. The van der Waals surface area contributed by atoms with Gasteiger partial charge in [-0.15, -0.1) is 11.3 Å². The Morgan fingerprint density at radius 3 is 2.85 bits per heavy atom. The Bertz CT molecular complexity index is 669. The summed E-state index contributed by atoms with van der Waals surface area (Å²) >= 11 is 4.60. The van der Waals surface area contributed by atoms with Crippen molar-refractivity contribution >= 4 is 38.9 Å². The number of ether oxygens (including phenoxy) is 1. The number of carbonyl (C=O) groups excluding carboxylic acids is 1. The fraction of sp³-hybridized carbons (Fsp3) is 0.214. The van der Waals surface area contributed by atoms with Crippen LogP contribution in [-0.2, 0) is 4.74 Å². The molecule has 1 aromatic heterocycles. The number of rotatable bonds is 3. The van der Waals surface area contributed by atoms with Gasteiger partial charge < -0.3 is 10.5 Å². The van der Waals surface area contributed by atoms with Gasteiger partial charge in [-0.05, 0) is 37.6 Å². The van der Waals surface area contributed by atoms with Crippen molar-refractivity contribution in [3.05, 3.63) is 38.9 Å². The highest BCUT2D eigenvalue weighted by molar-refractivity contribution is 9.10. The van der Waals surface area contributed by atoms with Crippen molar-refractivity contribution in [1.82, 2.24) is 0 Å². The van der Waals surface area contributed by atoms with Crippen LogP contribution in [0.25, 0.3) is 10.4 Å². The van der Waals surface area contributed by atoms with Gasteiger partial charge in [0.05, 0.1) is 12.3 Å². The molecule has 0 aliphatic rings. The lowest BCUT2D eigenvalue weighted by Gasteiger charge is -2.03. The maximum atomic E-state index is 13.4. The lowest BCUT2D eigenvalue weighted by atomic mass is 10.1. The normalized spacial score (nSPS) is 10.6. The van der Waals surface area contributed by atoms with E-state index in [1.807, 2.05) is 0 Å². The fourth-order valence-electron chi connectivity index (χ4n) is 1.80. The molecule has 0 bridgehead atoms. The molecule has 1 aromatic carbocycles. The molecule has 2 rings (SSSR count). The minimum absolute atomic E-state index is 0.286. The fourth-order valence-corrected chi connectivity index (χ4v) is 3.53. The van der Waals surface area contributed by atoms with Crippen LogP contribution in [0.3, 0.4) is 0 Å². The second kappa shape index (κ2) is 5.93. The second-order valence-corrected chi connectivity index (χ2v) is 6.02. The zero-order valence-corrected chi connectivity index (χ0v) is 13.4. The summed E-state index contributed by atoms with van der Waals surface area (Å²) in [6, 6.07) is 4.41. The van der Waals surface area contributed by atoms with Crippen molar-refractivity contribution in [1.29, 1.82) is 0 Å². The van der Waals surface area contributed by atoms with Gasteiger partial charge in [-0.2, -0.15) is 0 Å². The summed E-state index contributed by atoms with van der Waals surface area (Å²) in [6.45, 7) is 3.83. The summed E-state index contributed by atoms with van der Waals surface area (Å²) in [7, 11) is 0. The summed E-state index contributed by atoms with van der Waals surface area (Å²) in [6.07, 6.45) is 0. The first-order valence-corrected chi connectivity index (χ1v) is 7.58. The minimum atomic E-state index is -0.447. The molecule has 0 amide bonds. The van der Waals surface area contributed by atoms with Crippen LogP contribution >= 0.6 is 27.3 Å². The number of thiophene rings is 1. The van der Waals surface area contributed by atoms with E-state index < -0.39 is 5.97 Å². The SMILES string of the molecule is CCOC(=O)c1sc(-c2cc(F)ccc2Br)c(C)c1N. The average molecular weight is 358 g/mol. The molecule has 1 heterocycles. The summed E-state index contributed by atoms with van der Waals surface area (Å²) in [5.41, 5.74) is 7.78. The molecule has 0 spiro atoms. The van der Waals surface area contributed by atoms with Gasteiger partial charge in [-0.3, -0.25) is 0 Å². The smallest absolute Gasteiger partial charge is 0.350 e. The van der Waals surface area contributed by atoms with Gasteiger partial charge in [0.15, 0.2) is 0 Å². The van der Waals surface area contributed by atoms with Crippen LogP contribution in [0.5, 0.6) is 0 Å². The van der Waals surface area contributed by atoms with Crippen molar-refractivity contribution in [2.24, 2.45) is 0 Å². The van der Waals surface area contributed by atoms with Crippen molar-refractivity contribution in [3.8, 4) is 10.4 Å². The Hall–Kier alpha value is -1.40. The first kappa shape index (κ1) is 15.0. The third kappa shape index (κ3) is 2.71. The van der Waals surface area contributed by atoms with Crippen molar-refractivity contribution in [2.45, 2.75) is 13.8 Å². The van der Waals surface area contributed by atoms with Gasteiger partial charge in [0.25, 0.3) is 0 Å². The van der Waals surface area contributed by atoms with E-state index in [0.29, 0.717) is 16.1 Å². The Morgan fingerprint density at radius 1 is 1.50 bits per heavy atom. The average Bonchev–Trinajstić information content (AvgIpc) is 2.70. The molecule has 0 aliphatic carbocycles. The van der Waals surface area contributed by atoms with Crippen LogP contribution < -0.4 is 5.73 Å². The third-order valence-electron chi connectivity index (χ3n) is 2.83. The number of esters is 1. The Kier molecular flexibility index (Phi) is 4.45. The highest BCUT2D eigenvalue weighted by atomic mass is 79.9. The maximum Gasteiger partial charge on any atom is 0.350 e. The van der Waals surface area contributed by atoms with E-state index in [4.69, 9.17) is 10.5 Å². The van der Waals surface area contributed by atoms with E-state index in [9.17, 15) is 9.18 Å². The van der Waals surface area contributed by atoms with Crippen LogP contribution in [0.15, 0.2) is 22.7 Å². The predicted octanol–water partition coefficient (Wildman–Crippen LogP) is 4.38. The monoisotopic (exact) mass is 357 g/mol. The number of halogens is 2. The van der Waals surface area contributed by atoms with Crippen LogP contribution in [0.4, 0.5) is 10.1 Å². The molecule has 6 heteroatoms. The Balaban J connectivity index is 2.56. The number of nitrogen functional groups attached to an aromatic ring is 1. The third-order valence-corrected chi connectivity index (χ3v) is 4.84. The van der Waals surface area contributed by atoms with Crippen LogP contribution in [0, 0.1) is 12.7 Å². The van der Waals surface area contributed by atoms with Gasteiger partial charge in [0, 0.05) is 14.9 Å². The Labute approximate surface area is 128 Å². The number of anilines is 1. The van der Waals surface area contributed by atoms with Crippen molar-refractivity contribution in [3.63, 3.8) is 0 Å². The zero-order chi connectivity index (χ0) is 14.9. The second-order valence-electron chi connectivity index (χ2n) is 4.14. The number of benzene rings is 1. The minimum Gasteiger partial charge on any atom is -0.462 e. The van der Waals surface area contributed by atoms with Gasteiger partial charge in [-0.1, -0.05) is 15.9 Å². The molecule has 0 unspecified atom stereocenters.